The lowest BCUT2D eigenvalue weighted by molar-refractivity contribution is 0.414. The van der Waals surface area contributed by atoms with Crippen molar-refractivity contribution in [2.24, 2.45) is 0 Å². The molecule has 0 saturated heterocycles. The largest absolute Gasteiger partial charge is 0.497 e. The van der Waals surface area contributed by atoms with Crippen LogP contribution in [0.5, 0.6) is 5.75 Å². The van der Waals surface area contributed by atoms with Gasteiger partial charge in [0.25, 0.3) is 0 Å². The summed E-state index contributed by atoms with van der Waals surface area (Å²) in [6.07, 6.45) is 11.7. The Kier molecular flexibility index (Phi) is 43.0. The van der Waals surface area contributed by atoms with E-state index in [2.05, 4.69) is 131 Å². The van der Waals surface area contributed by atoms with E-state index < -0.39 is 43.2 Å². The summed E-state index contributed by atoms with van der Waals surface area (Å²) in [5.74, 6) is 9.65. The van der Waals surface area contributed by atoms with Gasteiger partial charge in [-0.15, -0.1) is 13.2 Å². The molecule has 6 aromatic carbocycles. The van der Waals surface area contributed by atoms with Crippen LogP contribution in [0.2, 0.25) is 0 Å². The minimum Gasteiger partial charge on any atom is -0.497 e. The number of benzene rings is 6. The zero-order chi connectivity index (χ0) is 58.4. The molecule has 6 aromatic rings. The molecular formula is C64H76O5S12. The smallest absolute Gasteiger partial charge is 0.118 e. The zero-order valence-electron chi connectivity index (χ0n) is 46.6. The number of hydrogen-bond donors (Lipinski definition) is 0. The van der Waals surface area contributed by atoms with Gasteiger partial charge in [0.2, 0.25) is 0 Å². The summed E-state index contributed by atoms with van der Waals surface area (Å²) in [6, 6.07) is 53.2. The fraction of sp³-hybridized carbons (Fsp3) is 0.250. The Hall–Kier alpha value is -3.04. The Morgan fingerprint density at radius 3 is 0.951 bits per heavy atom. The number of methoxy groups -OCH3 is 1. The Morgan fingerprint density at radius 1 is 0.370 bits per heavy atom. The molecule has 0 fully saturated rings. The molecule has 0 aliphatic carbocycles. The lowest BCUT2D eigenvalue weighted by Gasteiger charge is -2.02. The van der Waals surface area contributed by atoms with E-state index in [1.54, 1.807) is 93.5 Å². The number of aryl methyl sites for hydroxylation is 3. The standard InChI is InChI=1S/C19H22O2S3.C18H20OS3.C14H18OS3.C13H16OS3/c1-16-4-6-18(7-5-16)15-24(20)13-3-12-22-23-14-17-8-10-19(21-2)11-9-17;1-16-8-10-18(11-9-16)15-22(19)13-5-12-20-21-14-17-6-3-2-4-7-17;1-3-9-16-17-10-4-11-18(15)12-14-7-5-13(2)6-8-14;1-2-9-15-16-10-6-11-17(14)12-13-7-4-3-5-8-13/h3-12H,13-15H2,1-2H3;2-12H,13-15H2,1H3;3-8,10H,1,9,11-12H2,2H3;2-8,10H,1,9,11-12H2. The molecule has 6 rings (SSSR count). The molecule has 0 radical (unpaired) electrons. The van der Waals surface area contributed by atoms with E-state index in [9.17, 15) is 16.8 Å². The topological polar surface area (TPSA) is 77.5 Å². The Balaban J connectivity index is 0.000000286. The van der Waals surface area contributed by atoms with Gasteiger partial charge in [-0.2, -0.15) is 0 Å². The predicted octanol–water partition coefficient (Wildman–Crippen LogP) is 19.0. The highest BCUT2D eigenvalue weighted by atomic mass is 33.1. The van der Waals surface area contributed by atoms with E-state index in [1.807, 2.05) is 119 Å². The van der Waals surface area contributed by atoms with Crippen LogP contribution in [0.25, 0.3) is 0 Å². The van der Waals surface area contributed by atoms with Crippen LogP contribution in [0.3, 0.4) is 0 Å². The molecule has 5 nitrogen and oxygen atoms in total. The SMILES string of the molecule is C=CCSSC=CCS(=O)Cc1ccc(C)cc1.C=CCSSC=CCS(=O)Cc1ccccc1.COc1ccc(CSSC=CCS(=O)Cc2ccc(C)cc2)cc1.Cc1ccc(CS(=O)CC=CSSCc2ccccc2)cc1. The maximum atomic E-state index is 12.0. The lowest BCUT2D eigenvalue weighted by atomic mass is 10.2. The minimum absolute atomic E-state index is 0.601. The summed E-state index contributed by atoms with van der Waals surface area (Å²) in [5.41, 5.74) is 10.9. The van der Waals surface area contributed by atoms with Crippen molar-refractivity contribution in [3.63, 3.8) is 0 Å². The van der Waals surface area contributed by atoms with E-state index in [1.165, 1.54) is 27.8 Å². The van der Waals surface area contributed by atoms with E-state index in [-0.39, 0.29) is 0 Å². The molecule has 0 spiro atoms. The Morgan fingerprint density at radius 2 is 0.642 bits per heavy atom. The van der Waals surface area contributed by atoms with E-state index in [4.69, 9.17) is 4.74 Å². The van der Waals surface area contributed by atoms with Crippen molar-refractivity contribution in [3.8, 4) is 5.75 Å². The Bertz CT molecular complexity index is 2820. The minimum atomic E-state index is -0.846. The second-order valence-corrected chi connectivity index (χ2v) is 32.5. The van der Waals surface area contributed by atoms with Gasteiger partial charge in [-0.3, -0.25) is 16.8 Å². The van der Waals surface area contributed by atoms with Crippen LogP contribution in [0.1, 0.15) is 50.1 Å². The first-order valence-electron chi connectivity index (χ1n) is 25.7. The van der Waals surface area contributed by atoms with Crippen molar-refractivity contribution in [2.75, 3.05) is 41.6 Å². The molecule has 0 aliphatic rings. The predicted molar refractivity (Wildman–Crippen MR) is 381 cm³/mol. The zero-order valence-corrected chi connectivity index (χ0v) is 56.4. The fourth-order valence-corrected chi connectivity index (χ4v) is 17.0. The van der Waals surface area contributed by atoms with Crippen LogP contribution < -0.4 is 4.74 Å². The molecule has 0 amide bonds. The highest BCUT2D eigenvalue weighted by Crippen LogP contribution is 2.29. The van der Waals surface area contributed by atoms with Crippen molar-refractivity contribution in [3.05, 3.63) is 279 Å². The second-order valence-electron chi connectivity index (χ2n) is 17.3. The summed E-state index contributed by atoms with van der Waals surface area (Å²) in [5, 5.41) is 8.07. The third-order valence-corrected chi connectivity index (χ3v) is 23.1. The normalized spacial score (nSPS) is 12.6. The average molecular weight is 1310 g/mol. The van der Waals surface area contributed by atoms with Gasteiger partial charge in [0.05, 0.1) is 7.11 Å². The summed E-state index contributed by atoms with van der Waals surface area (Å²) in [4.78, 5) is 0. The quantitative estimate of drug-likeness (QED) is 0.0223. The van der Waals surface area contributed by atoms with Crippen LogP contribution in [-0.4, -0.2) is 58.5 Å². The van der Waals surface area contributed by atoms with Crippen LogP contribution in [0, 0.1) is 20.8 Å². The van der Waals surface area contributed by atoms with Crippen molar-refractivity contribution in [1.82, 2.24) is 0 Å². The van der Waals surface area contributed by atoms with Gasteiger partial charge in [-0.25, -0.2) is 0 Å². The molecule has 0 aliphatic heterocycles. The number of rotatable bonds is 33. The highest BCUT2D eigenvalue weighted by Gasteiger charge is 2.03. The maximum absolute atomic E-state index is 12.0. The van der Waals surface area contributed by atoms with E-state index >= 15 is 0 Å². The van der Waals surface area contributed by atoms with Crippen LogP contribution >= 0.6 is 86.4 Å². The average Bonchev–Trinajstić information content (AvgIpc) is 3.47. The highest BCUT2D eigenvalue weighted by molar-refractivity contribution is 8.78. The van der Waals surface area contributed by atoms with Crippen molar-refractivity contribution in [1.29, 1.82) is 0 Å². The first-order valence-corrected chi connectivity index (χ1v) is 41.2. The van der Waals surface area contributed by atoms with Gasteiger partial charge >= 0.3 is 0 Å². The van der Waals surface area contributed by atoms with Gasteiger partial charge < -0.3 is 4.74 Å². The first kappa shape index (κ1) is 72.2. The second kappa shape index (κ2) is 48.2. The molecule has 434 valence electrons. The molecule has 4 atom stereocenters. The molecule has 0 bridgehead atoms. The van der Waals surface area contributed by atoms with Gasteiger partial charge in [0.1, 0.15) is 5.75 Å². The third-order valence-electron chi connectivity index (χ3n) is 10.3. The number of hydrogen-bond acceptors (Lipinski definition) is 13. The van der Waals surface area contributed by atoms with Crippen molar-refractivity contribution in [2.45, 2.75) is 55.3 Å². The van der Waals surface area contributed by atoms with Gasteiger partial charge in [0, 0.05) is 112 Å². The number of ether oxygens (including phenoxy) is 1. The van der Waals surface area contributed by atoms with Gasteiger partial charge in [-0.05, 0) is 87.9 Å². The molecule has 0 N–H and O–H groups in total. The molecule has 4 unspecified atom stereocenters. The summed E-state index contributed by atoms with van der Waals surface area (Å²) in [7, 11) is 12.1. The summed E-state index contributed by atoms with van der Waals surface area (Å²) >= 11 is 0. The Labute approximate surface area is 527 Å². The van der Waals surface area contributed by atoms with Gasteiger partial charge in [-0.1, -0.05) is 285 Å². The molecule has 0 heterocycles. The summed E-state index contributed by atoms with van der Waals surface area (Å²) < 4.78 is 52.7. The van der Waals surface area contributed by atoms with E-state index in [0.29, 0.717) is 46.0 Å². The molecule has 81 heavy (non-hydrogen) atoms. The fourth-order valence-electron chi connectivity index (χ4n) is 6.18. The maximum Gasteiger partial charge on any atom is 0.118 e. The van der Waals surface area contributed by atoms with Crippen molar-refractivity contribution >= 4 is 130 Å². The molecule has 17 heteroatoms. The van der Waals surface area contributed by atoms with E-state index in [0.717, 1.165) is 51.0 Å². The third kappa shape index (κ3) is 39.3. The molecule has 0 aromatic heterocycles. The first-order chi connectivity index (χ1) is 39.5. The van der Waals surface area contributed by atoms with Crippen LogP contribution in [-0.2, 0) is 77.7 Å². The van der Waals surface area contributed by atoms with Gasteiger partial charge in [0.15, 0.2) is 0 Å². The molecular weight excluding hydrogens is 1230 g/mol. The summed E-state index contributed by atoms with van der Waals surface area (Å²) in [6.45, 7) is 13.5. The monoisotopic (exact) mass is 1310 g/mol. The van der Waals surface area contributed by atoms with Crippen LogP contribution in [0.15, 0.2) is 229 Å². The molecule has 0 saturated carbocycles. The van der Waals surface area contributed by atoms with Crippen LogP contribution in [0.4, 0.5) is 0 Å². The van der Waals surface area contributed by atoms with Crippen molar-refractivity contribution < 1.29 is 21.6 Å². The lowest BCUT2D eigenvalue weighted by Crippen LogP contribution is -1.98.